The fraction of sp³-hybridized carbons (Fsp3) is 0.857. The van der Waals surface area contributed by atoms with Gasteiger partial charge in [0, 0.05) is 19.0 Å². The van der Waals surface area contributed by atoms with E-state index in [1.54, 1.807) is 0 Å². The van der Waals surface area contributed by atoms with Crippen molar-refractivity contribution in [2.24, 2.45) is 7.05 Å². The molecule has 0 spiro atoms. The molecule has 1 saturated carbocycles. The summed E-state index contributed by atoms with van der Waals surface area (Å²) in [5.41, 5.74) is 0. The maximum absolute atomic E-state index is 11.5. The first-order valence-electron chi connectivity index (χ1n) is 7.87. The molecule has 1 aromatic heterocycles. The number of aryl methyl sites for hydroxylation is 1. The Morgan fingerprint density at radius 2 is 2.00 bits per heavy atom. The molecule has 1 saturated heterocycles. The average molecular weight is 312 g/mol. The van der Waals surface area contributed by atoms with Crippen LogP contribution in [-0.4, -0.2) is 40.7 Å². The van der Waals surface area contributed by atoms with Gasteiger partial charge in [0.25, 0.3) is 0 Å². The highest BCUT2D eigenvalue weighted by atomic mass is 32.2. The molecule has 2 fully saturated rings. The first-order valence-corrected chi connectivity index (χ1v) is 9.69. The minimum absolute atomic E-state index is 0.0600. The molecular weight excluding hydrogens is 288 g/mol. The van der Waals surface area contributed by atoms with Crippen LogP contribution in [0, 0.1) is 0 Å². The third-order valence-electron chi connectivity index (χ3n) is 4.62. The molecule has 7 heteroatoms. The van der Waals surface area contributed by atoms with E-state index in [1.165, 1.54) is 32.1 Å². The second kappa shape index (κ2) is 6.04. The number of rotatable bonds is 4. The van der Waals surface area contributed by atoms with E-state index in [2.05, 4.69) is 15.4 Å². The van der Waals surface area contributed by atoms with E-state index in [9.17, 15) is 8.42 Å². The van der Waals surface area contributed by atoms with Gasteiger partial charge in [0.1, 0.15) is 5.82 Å². The molecule has 118 valence electrons. The number of hydrogen-bond donors (Lipinski definition) is 1. The van der Waals surface area contributed by atoms with Gasteiger partial charge < -0.3 is 5.32 Å². The standard InChI is InChI=1S/C14H24N4O2S/c1-18-13(9-15-12-7-8-21(19,20)10-12)16-14(17-18)11-5-3-2-4-6-11/h11-12,15H,2-10H2,1H3. The lowest BCUT2D eigenvalue weighted by atomic mass is 9.89. The number of sulfone groups is 1. The smallest absolute Gasteiger partial charge is 0.154 e. The largest absolute Gasteiger partial charge is 0.306 e. The van der Waals surface area contributed by atoms with Crippen LogP contribution in [0.2, 0.25) is 0 Å². The summed E-state index contributed by atoms with van der Waals surface area (Å²) >= 11 is 0. The van der Waals surface area contributed by atoms with Crippen molar-refractivity contribution in [3.63, 3.8) is 0 Å². The van der Waals surface area contributed by atoms with Crippen LogP contribution in [0.15, 0.2) is 0 Å². The predicted octanol–water partition coefficient (Wildman–Crippen LogP) is 1.14. The quantitative estimate of drug-likeness (QED) is 0.902. The van der Waals surface area contributed by atoms with E-state index in [-0.39, 0.29) is 11.8 Å². The molecule has 1 N–H and O–H groups in total. The molecular formula is C14H24N4O2S. The Morgan fingerprint density at radius 3 is 2.67 bits per heavy atom. The molecule has 0 radical (unpaired) electrons. The van der Waals surface area contributed by atoms with Crippen LogP contribution in [0.3, 0.4) is 0 Å². The van der Waals surface area contributed by atoms with Crippen LogP contribution >= 0.6 is 0 Å². The molecule has 1 aliphatic heterocycles. The zero-order valence-electron chi connectivity index (χ0n) is 12.6. The molecule has 0 aromatic carbocycles. The van der Waals surface area contributed by atoms with Crippen molar-refractivity contribution in [2.45, 2.75) is 57.0 Å². The zero-order valence-corrected chi connectivity index (χ0v) is 13.4. The molecule has 0 amide bonds. The summed E-state index contributed by atoms with van der Waals surface area (Å²) in [6.45, 7) is 0.594. The first-order chi connectivity index (χ1) is 10.0. The highest BCUT2D eigenvalue weighted by Gasteiger charge is 2.28. The second-order valence-corrected chi connectivity index (χ2v) is 8.55. The topological polar surface area (TPSA) is 76.9 Å². The lowest BCUT2D eigenvalue weighted by Gasteiger charge is -2.18. The van der Waals surface area contributed by atoms with E-state index in [1.807, 2.05) is 11.7 Å². The maximum Gasteiger partial charge on any atom is 0.154 e. The van der Waals surface area contributed by atoms with Crippen molar-refractivity contribution in [2.75, 3.05) is 11.5 Å². The Morgan fingerprint density at radius 1 is 1.24 bits per heavy atom. The maximum atomic E-state index is 11.5. The van der Waals surface area contributed by atoms with Crippen LogP contribution in [0.5, 0.6) is 0 Å². The molecule has 6 nitrogen and oxygen atoms in total. The van der Waals surface area contributed by atoms with E-state index in [4.69, 9.17) is 0 Å². The van der Waals surface area contributed by atoms with Crippen LogP contribution in [0.1, 0.15) is 56.1 Å². The number of nitrogens with zero attached hydrogens (tertiary/aromatic N) is 3. The summed E-state index contributed by atoms with van der Waals surface area (Å²) in [5.74, 6) is 2.93. The predicted molar refractivity (Wildman–Crippen MR) is 80.7 cm³/mol. The Bertz CT molecular complexity index is 590. The van der Waals surface area contributed by atoms with E-state index in [0.717, 1.165) is 11.6 Å². The Balaban J connectivity index is 1.59. The number of aromatic nitrogens is 3. The zero-order chi connectivity index (χ0) is 14.9. The summed E-state index contributed by atoms with van der Waals surface area (Å²) < 4.78 is 24.7. The van der Waals surface area contributed by atoms with Crippen molar-refractivity contribution < 1.29 is 8.42 Å². The molecule has 1 aromatic rings. The van der Waals surface area contributed by atoms with Gasteiger partial charge in [-0.25, -0.2) is 13.4 Å². The highest BCUT2D eigenvalue weighted by molar-refractivity contribution is 7.91. The SMILES string of the molecule is Cn1nc(C2CCCCC2)nc1CNC1CCS(=O)(=O)C1. The molecule has 21 heavy (non-hydrogen) atoms. The van der Waals surface area contributed by atoms with Gasteiger partial charge in [-0.3, -0.25) is 4.68 Å². The summed E-state index contributed by atoms with van der Waals surface area (Å²) in [5, 5.41) is 7.86. The van der Waals surface area contributed by atoms with Gasteiger partial charge >= 0.3 is 0 Å². The van der Waals surface area contributed by atoms with Gasteiger partial charge in [-0.2, -0.15) is 5.10 Å². The average Bonchev–Trinajstić information content (AvgIpc) is 3.00. The van der Waals surface area contributed by atoms with Crippen molar-refractivity contribution in [1.29, 1.82) is 0 Å². The lowest BCUT2D eigenvalue weighted by Crippen LogP contribution is -2.30. The molecule has 0 bridgehead atoms. The number of hydrogen-bond acceptors (Lipinski definition) is 5. The molecule has 1 aliphatic carbocycles. The summed E-state index contributed by atoms with van der Waals surface area (Å²) in [6.07, 6.45) is 6.96. The summed E-state index contributed by atoms with van der Waals surface area (Å²) in [6, 6.07) is 0.0600. The number of nitrogens with one attached hydrogen (secondary N) is 1. The minimum Gasteiger partial charge on any atom is -0.306 e. The highest BCUT2D eigenvalue weighted by Crippen LogP contribution is 2.30. The van der Waals surface area contributed by atoms with Crippen molar-refractivity contribution >= 4 is 9.84 Å². The van der Waals surface area contributed by atoms with Gasteiger partial charge in [0.2, 0.25) is 0 Å². The van der Waals surface area contributed by atoms with Crippen LogP contribution in [0.4, 0.5) is 0 Å². The van der Waals surface area contributed by atoms with E-state index in [0.29, 0.717) is 24.6 Å². The Kier molecular flexibility index (Phi) is 4.31. The van der Waals surface area contributed by atoms with E-state index < -0.39 is 9.84 Å². The summed E-state index contributed by atoms with van der Waals surface area (Å²) in [4.78, 5) is 4.67. The second-order valence-electron chi connectivity index (χ2n) is 6.33. The normalized spacial score (nSPS) is 26.2. The fourth-order valence-corrected chi connectivity index (χ4v) is 5.03. The molecule has 2 aliphatic rings. The van der Waals surface area contributed by atoms with E-state index >= 15 is 0 Å². The lowest BCUT2D eigenvalue weighted by molar-refractivity contribution is 0.427. The van der Waals surface area contributed by atoms with Gasteiger partial charge in [0.05, 0.1) is 18.1 Å². The van der Waals surface area contributed by atoms with Gasteiger partial charge in [-0.05, 0) is 19.3 Å². The fourth-order valence-electron chi connectivity index (χ4n) is 3.32. The third-order valence-corrected chi connectivity index (χ3v) is 6.39. The third kappa shape index (κ3) is 3.63. The van der Waals surface area contributed by atoms with Crippen LogP contribution in [-0.2, 0) is 23.4 Å². The van der Waals surface area contributed by atoms with Crippen molar-refractivity contribution in [1.82, 2.24) is 20.1 Å². The molecule has 1 atom stereocenters. The Labute approximate surface area is 126 Å². The molecule has 3 rings (SSSR count). The van der Waals surface area contributed by atoms with Gasteiger partial charge in [0.15, 0.2) is 15.7 Å². The van der Waals surface area contributed by atoms with Gasteiger partial charge in [-0.15, -0.1) is 0 Å². The monoisotopic (exact) mass is 312 g/mol. The van der Waals surface area contributed by atoms with Gasteiger partial charge in [-0.1, -0.05) is 19.3 Å². The molecule has 2 heterocycles. The van der Waals surface area contributed by atoms with Crippen molar-refractivity contribution in [3.05, 3.63) is 11.6 Å². The van der Waals surface area contributed by atoms with Crippen LogP contribution < -0.4 is 5.32 Å². The Hall–Kier alpha value is -0.950. The minimum atomic E-state index is -2.83. The van der Waals surface area contributed by atoms with Crippen LogP contribution in [0.25, 0.3) is 0 Å². The molecule has 1 unspecified atom stereocenters. The summed E-state index contributed by atoms with van der Waals surface area (Å²) in [7, 11) is -0.909. The van der Waals surface area contributed by atoms with Crippen molar-refractivity contribution in [3.8, 4) is 0 Å². The first kappa shape index (κ1) is 15.0.